The van der Waals surface area contributed by atoms with Crippen LogP contribution in [0.4, 0.5) is 26.1 Å². The Kier molecular flexibility index (Phi) is 9.55. The molecule has 2 aromatic carbocycles. The summed E-state index contributed by atoms with van der Waals surface area (Å²) >= 11 is 0. The van der Waals surface area contributed by atoms with Crippen molar-refractivity contribution in [2.75, 3.05) is 44.0 Å². The van der Waals surface area contributed by atoms with Gasteiger partial charge in [-0.1, -0.05) is 6.07 Å². The van der Waals surface area contributed by atoms with Gasteiger partial charge in [0.25, 0.3) is 0 Å². The molecule has 11 nitrogen and oxygen atoms in total. The lowest BCUT2D eigenvalue weighted by atomic mass is 10.2. The first-order valence-electron chi connectivity index (χ1n) is 14.5. The smallest absolute Gasteiger partial charge is 0.230 e. The molecule has 1 fully saturated rings. The van der Waals surface area contributed by atoms with E-state index in [4.69, 9.17) is 14.2 Å². The van der Waals surface area contributed by atoms with E-state index >= 15 is 0 Å². The average molecular weight is 610 g/mol. The number of likely N-dealkylation sites (tertiary alicyclic amines) is 1. The van der Waals surface area contributed by atoms with E-state index in [1.54, 1.807) is 13.2 Å². The van der Waals surface area contributed by atoms with Crippen LogP contribution >= 0.6 is 0 Å². The van der Waals surface area contributed by atoms with Gasteiger partial charge in [-0.2, -0.15) is 5.10 Å². The van der Waals surface area contributed by atoms with Crippen molar-refractivity contribution in [2.24, 2.45) is 0 Å². The Hall–Kier alpha value is -4.36. The summed E-state index contributed by atoms with van der Waals surface area (Å²) in [6, 6.07) is 9.13. The minimum absolute atomic E-state index is 0.133. The van der Waals surface area contributed by atoms with E-state index in [0.29, 0.717) is 52.9 Å². The number of carbonyl (C=O) groups is 1. The number of nitrogens with zero attached hydrogens (tertiary/aromatic N) is 4. The third kappa shape index (κ3) is 7.77. The molecule has 2 aromatic heterocycles. The SMILES string of the molecule is COc1cc2c(Nc3cc(CC(=O)Nc4cccc(F)c4F)[nH]n3)ncnc2cc1OC[C@H]1CCCN1CCOC(C)(C)C. The number of aromatic nitrogens is 4. The van der Waals surface area contributed by atoms with E-state index in [1.807, 2.05) is 12.1 Å². The van der Waals surface area contributed by atoms with Crippen LogP contribution in [-0.4, -0.2) is 76.0 Å². The van der Waals surface area contributed by atoms with Crippen LogP contribution < -0.4 is 20.1 Å². The summed E-state index contributed by atoms with van der Waals surface area (Å²) in [7, 11) is 1.58. The van der Waals surface area contributed by atoms with Crippen molar-refractivity contribution in [2.45, 2.75) is 51.7 Å². The summed E-state index contributed by atoms with van der Waals surface area (Å²) in [5.41, 5.74) is 0.707. The van der Waals surface area contributed by atoms with Crippen LogP contribution in [0.15, 0.2) is 42.7 Å². The van der Waals surface area contributed by atoms with E-state index in [9.17, 15) is 13.6 Å². The van der Waals surface area contributed by atoms with Crippen LogP contribution in [0.3, 0.4) is 0 Å². The van der Waals surface area contributed by atoms with Crippen LogP contribution in [0.5, 0.6) is 11.5 Å². The fraction of sp³-hybridized carbons (Fsp3) is 0.419. The number of amides is 1. The Morgan fingerprint density at radius 1 is 1.16 bits per heavy atom. The molecule has 13 heteroatoms. The highest BCUT2D eigenvalue weighted by molar-refractivity contribution is 5.93. The van der Waals surface area contributed by atoms with Crippen LogP contribution in [-0.2, 0) is 16.0 Å². The maximum Gasteiger partial charge on any atom is 0.230 e. The second kappa shape index (κ2) is 13.5. The van der Waals surface area contributed by atoms with E-state index in [0.717, 1.165) is 32.0 Å². The van der Waals surface area contributed by atoms with Gasteiger partial charge >= 0.3 is 0 Å². The van der Waals surface area contributed by atoms with Crippen molar-refractivity contribution in [3.63, 3.8) is 0 Å². The van der Waals surface area contributed by atoms with Crippen LogP contribution in [0, 0.1) is 11.6 Å². The van der Waals surface area contributed by atoms with Gasteiger partial charge in [0, 0.05) is 35.8 Å². The lowest BCUT2D eigenvalue weighted by Crippen LogP contribution is -2.37. The number of nitrogens with one attached hydrogen (secondary N) is 3. The minimum Gasteiger partial charge on any atom is -0.493 e. The molecule has 1 aliphatic rings. The van der Waals surface area contributed by atoms with E-state index in [-0.39, 0.29) is 23.8 Å². The standard InChI is InChI=1S/C31H37F2N7O4/c1-31(2,3)44-12-11-40-10-6-7-20(40)17-43-26-16-24-21(15-25(26)42-4)30(35-18-34-24)37-27-13-19(38-39-27)14-28(41)36-23-9-5-8-22(32)29(23)33/h5,8-9,13,15-16,18,20H,6-7,10-12,14,17H2,1-4H3,(H,36,41)(H2,34,35,37,38,39)/t20-/m1/s1. The molecule has 0 aliphatic carbocycles. The zero-order valence-electron chi connectivity index (χ0n) is 25.2. The van der Waals surface area contributed by atoms with Gasteiger partial charge in [-0.25, -0.2) is 18.7 Å². The Morgan fingerprint density at radius 3 is 2.80 bits per heavy atom. The highest BCUT2D eigenvalue weighted by atomic mass is 19.2. The van der Waals surface area contributed by atoms with Gasteiger partial charge in [0.15, 0.2) is 29.0 Å². The summed E-state index contributed by atoms with van der Waals surface area (Å²) in [4.78, 5) is 23.6. The van der Waals surface area contributed by atoms with Crippen LogP contribution in [0.1, 0.15) is 39.3 Å². The molecular formula is C31H37F2N7O4. The summed E-state index contributed by atoms with van der Waals surface area (Å²) in [5.74, 6) is -0.680. The predicted molar refractivity (Wildman–Crippen MR) is 162 cm³/mol. The maximum atomic E-state index is 13.9. The van der Waals surface area contributed by atoms with E-state index < -0.39 is 17.5 Å². The first-order chi connectivity index (χ1) is 21.1. The van der Waals surface area contributed by atoms with Crippen molar-refractivity contribution in [1.29, 1.82) is 0 Å². The highest BCUT2D eigenvalue weighted by Gasteiger charge is 2.26. The van der Waals surface area contributed by atoms with Gasteiger partial charge in [0.2, 0.25) is 5.91 Å². The van der Waals surface area contributed by atoms with Gasteiger partial charge < -0.3 is 24.8 Å². The summed E-state index contributed by atoms with van der Waals surface area (Å²) < 4.78 is 45.2. The number of halogens is 2. The number of H-pyrrole nitrogens is 1. The van der Waals surface area contributed by atoms with E-state index in [2.05, 4.69) is 56.5 Å². The topological polar surface area (TPSA) is 127 Å². The zero-order valence-corrected chi connectivity index (χ0v) is 25.2. The normalized spacial score (nSPS) is 15.5. The van der Waals surface area contributed by atoms with E-state index in [1.165, 1.54) is 18.5 Å². The lowest BCUT2D eigenvalue weighted by molar-refractivity contribution is -0.115. The van der Waals surface area contributed by atoms with Gasteiger partial charge in [-0.05, 0) is 58.4 Å². The summed E-state index contributed by atoms with van der Waals surface area (Å²) in [6.45, 7) is 9.24. The predicted octanol–water partition coefficient (Wildman–Crippen LogP) is 5.22. The quantitative estimate of drug-likeness (QED) is 0.198. The molecule has 0 bridgehead atoms. The molecule has 234 valence electrons. The van der Waals surface area contributed by atoms with Crippen molar-refractivity contribution in [1.82, 2.24) is 25.1 Å². The van der Waals surface area contributed by atoms with Crippen molar-refractivity contribution < 1.29 is 27.8 Å². The molecule has 4 aromatic rings. The number of anilines is 3. The molecule has 0 unspecified atom stereocenters. The van der Waals surface area contributed by atoms with Gasteiger partial charge in [0.05, 0.1) is 36.9 Å². The minimum atomic E-state index is -1.12. The van der Waals surface area contributed by atoms with Crippen molar-refractivity contribution in [3.8, 4) is 11.5 Å². The largest absolute Gasteiger partial charge is 0.493 e. The van der Waals surface area contributed by atoms with Crippen LogP contribution in [0.25, 0.3) is 10.9 Å². The molecule has 5 rings (SSSR count). The van der Waals surface area contributed by atoms with Gasteiger partial charge in [-0.15, -0.1) is 0 Å². The number of rotatable bonds is 12. The maximum absolute atomic E-state index is 13.9. The van der Waals surface area contributed by atoms with Gasteiger partial charge in [-0.3, -0.25) is 14.8 Å². The number of fused-ring (bicyclic) bond motifs is 1. The lowest BCUT2D eigenvalue weighted by Gasteiger charge is -2.27. The number of benzene rings is 2. The third-order valence-electron chi connectivity index (χ3n) is 7.22. The Balaban J connectivity index is 1.23. The molecule has 0 radical (unpaired) electrons. The molecule has 3 heterocycles. The summed E-state index contributed by atoms with van der Waals surface area (Å²) in [5, 5.41) is 13.2. The molecular weight excluding hydrogens is 572 g/mol. The third-order valence-corrected chi connectivity index (χ3v) is 7.22. The number of hydrogen-bond acceptors (Lipinski definition) is 9. The Morgan fingerprint density at radius 2 is 2.00 bits per heavy atom. The molecule has 44 heavy (non-hydrogen) atoms. The highest BCUT2D eigenvalue weighted by Crippen LogP contribution is 2.35. The molecule has 1 amide bonds. The number of ether oxygens (including phenoxy) is 3. The van der Waals surface area contributed by atoms with Crippen LogP contribution in [0.2, 0.25) is 0 Å². The zero-order chi connectivity index (χ0) is 31.3. The fourth-order valence-corrected chi connectivity index (χ4v) is 5.07. The molecule has 3 N–H and O–H groups in total. The molecule has 0 spiro atoms. The number of methoxy groups -OCH3 is 1. The second-order valence-electron chi connectivity index (χ2n) is 11.6. The second-order valence-corrected chi connectivity index (χ2v) is 11.6. The molecule has 1 atom stereocenters. The van der Waals surface area contributed by atoms with Crippen molar-refractivity contribution in [3.05, 3.63) is 60.1 Å². The summed E-state index contributed by atoms with van der Waals surface area (Å²) in [6.07, 6.45) is 3.47. The number of carbonyl (C=O) groups excluding carboxylic acids is 1. The van der Waals surface area contributed by atoms with Crippen molar-refractivity contribution >= 4 is 34.1 Å². The Bertz CT molecular complexity index is 1610. The fourth-order valence-electron chi connectivity index (χ4n) is 5.07. The number of hydrogen-bond donors (Lipinski definition) is 3. The number of aromatic amines is 1. The first-order valence-corrected chi connectivity index (χ1v) is 14.5. The van der Waals surface area contributed by atoms with Gasteiger partial charge in [0.1, 0.15) is 18.8 Å². The molecule has 1 aliphatic heterocycles. The average Bonchev–Trinajstić information content (AvgIpc) is 3.62. The monoisotopic (exact) mass is 609 g/mol. The molecule has 0 saturated carbocycles. The first kappa shape index (κ1) is 31.1. The molecule has 1 saturated heterocycles. The Labute approximate surface area is 254 Å².